The molecule has 134 valence electrons. The standard InChI is InChI=1S/C21H30N4/c1-15-9-11-20(12-10-15)14-24-19(5)21(18(4)23-24)13-22-25-16(2)7-6-8-17(25)3/h9-13,16-17H,6-8,14H2,1-5H3/t16-,17-/m0/s1. The first-order valence-corrected chi connectivity index (χ1v) is 9.37. The zero-order valence-electron chi connectivity index (χ0n) is 16.2. The van der Waals surface area contributed by atoms with E-state index in [1.807, 2.05) is 6.21 Å². The van der Waals surface area contributed by atoms with Gasteiger partial charge in [0.15, 0.2) is 0 Å². The fourth-order valence-electron chi connectivity index (χ4n) is 3.68. The van der Waals surface area contributed by atoms with E-state index in [4.69, 9.17) is 10.2 Å². The van der Waals surface area contributed by atoms with E-state index in [0.717, 1.165) is 17.8 Å². The van der Waals surface area contributed by atoms with E-state index in [0.29, 0.717) is 12.1 Å². The van der Waals surface area contributed by atoms with Gasteiger partial charge in [-0.3, -0.25) is 9.69 Å². The summed E-state index contributed by atoms with van der Waals surface area (Å²) in [5.74, 6) is 0. The Kier molecular flexibility index (Phi) is 5.26. The fraction of sp³-hybridized carbons (Fsp3) is 0.524. The summed E-state index contributed by atoms with van der Waals surface area (Å²) >= 11 is 0. The van der Waals surface area contributed by atoms with Crippen molar-refractivity contribution >= 4 is 6.21 Å². The highest BCUT2D eigenvalue weighted by Gasteiger charge is 2.23. The van der Waals surface area contributed by atoms with E-state index in [-0.39, 0.29) is 0 Å². The minimum absolute atomic E-state index is 0.517. The zero-order chi connectivity index (χ0) is 18.0. The van der Waals surface area contributed by atoms with Crippen LogP contribution in [0.2, 0.25) is 0 Å². The number of benzene rings is 1. The summed E-state index contributed by atoms with van der Waals surface area (Å²) in [6, 6.07) is 9.70. The highest BCUT2D eigenvalue weighted by molar-refractivity contribution is 5.82. The van der Waals surface area contributed by atoms with Crippen LogP contribution in [0.25, 0.3) is 0 Å². The van der Waals surface area contributed by atoms with Crippen LogP contribution in [0.4, 0.5) is 0 Å². The Morgan fingerprint density at radius 2 is 1.72 bits per heavy atom. The molecule has 1 aliphatic rings. The summed E-state index contributed by atoms with van der Waals surface area (Å²) in [5, 5.41) is 11.8. The Hall–Kier alpha value is -2.10. The van der Waals surface area contributed by atoms with Crippen LogP contribution >= 0.6 is 0 Å². The van der Waals surface area contributed by atoms with Gasteiger partial charge in [0.05, 0.1) is 18.5 Å². The molecule has 2 aromatic rings. The fourth-order valence-corrected chi connectivity index (χ4v) is 3.68. The van der Waals surface area contributed by atoms with Crippen molar-refractivity contribution in [2.75, 3.05) is 0 Å². The lowest BCUT2D eigenvalue weighted by Gasteiger charge is -2.36. The normalized spacial score (nSPS) is 21.2. The summed E-state index contributed by atoms with van der Waals surface area (Å²) in [4.78, 5) is 0. The predicted molar refractivity (Wildman–Crippen MR) is 104 cm³/mol. The SMILES string of the molecule is Cc1ccc(Cn2nc(C)c(C=NN3[C@@H](C)CCC[C@@H]3C)c2C)cc1. The van der Waals surface area contributed by atoms with Gasteiger partial charge in [-0.25, -0.2) is 0 Å². The molecule has 1 aromatic carbocycles. The van der Waals surface area contributed by atoms with Gasteiger partial charge in [0, 0.05) is 23.3 Å². The Balaban J connectivity index is 1.79. The van der Waals surface area contributed by atoms with Crippen molar-refractivity contribution in [2.24, 2.45) is 5.10 Å². The molecular formula is C21H30N4. The molecule has 0 unspecified atom stereocenters. The van der Waals surface area contributed by atoms with Crippen LogP contribution in [0.5, 0.6) is 0 Å². The lowest BCUT2D eigenvalue weighted by Crippen LogP contribution is -2.39. The first-order valence-electron chi connectivity index (χ1n) is 9.37. The number of hydrogen-bond donors (Lipinski definition) is 0. The summed E-state index contributed by atoms with van der Waals surface area (Å²) in [6.07, 6.45) is 5.78. The molecule has 0 aliphatic carbocycles. The van der Waals surface area contributed by atoms with Crippen molar-refractivity contribution in [3.8, 4) is 0 Å². The number of aryl methyl sites for hydroxylation is 2. The summed E-state index contributed by atoms with van der Waals surface area (Å²) in [5.41, 5.74) is 5.94. The van der Waals surface area contributed by atoms with E-state index < -0.39 is 0 Å². The second-order valence-corrected chi connectivity index (χ2v) is 7.48. The summed E-state index contributed by atoms with van der Waals surface area (Å²) in [7, 11) is 0. The first kappa shape index (κ1) is 17.7. The molecule has 1 saturated heterocycles. The molecule has 2 heterocycles. The molecule has 1 aliphatic heterocycles. The Labute approximate surface area is 151 Å². The van der Waals surface area contributed by atoms with Crippen molar-refractivity contribution in [2.45, 2.75) is 72.5 Å². The van der Waals surface area contributed by atoms with Gasteiger partial charge < -0.3 is 0 Å². The second kappa shape index (κ2) is 7.42. The molecule has 1 fully saturated rings. The Morgan fingerprint density at radius 3 is 2.36 bits per heavy atom. The predicted octanol–water partition coefficient (Wildman–Crippen LogP) is 4.45. The number of hydrogen-bond acceptors (Lipinski definition) is 3. The maximum Gasteiger partial charge on any atom is 0.0685 e. The third-order valence-corrected chi connectivity index (χ3v) is 5.36. The van der Waals surface area contributed by atoms with Gasteiger partial charge >= 0.3 is 0 Å². The Bertz CT molecular complexity index is 732. The average molecular weight is 338 g/mol. The zero-order valence-corrected chi connectivity index (χ0v) is 16.2. The molecule has 4 nitrogen and oxygen atoms in total. The molecule has 0 spiro atoms. The second-order valence-electron chi connectivity index (χ2n) is 7.48. The quantitative estimate of drug-likeness (QED) is 0.772. The van der Waals surface area contributed by atoms with Crippen molar-refractivity contribution in [1.29, 1.82) is 0 Å². The monoisotopic (exact) mass is 338 g/mol. The van der Waals surface area contributed by atoms with Crippen molar-refractivity contribution in [1.82, 2.24) is 14.8 Å². The molecule has 0 radical (unpaired) electrons. The molecule has 3 rings (SSSR count). The lowest BCUT2D eigenvalue weighted by molar-refractivity contribution is 0.109. The van der Waals surface area contributed by atoms with Gasteiger partial charge in [0.1, 0.15) is 0 Å². The molecule has 0 saturated carbocycles. The molecule has 0 bridgehead atoms. The van der Waals surface area contributed by atoms with Gasteiger partial charge in [-0.1, -0.05) is 29.8 Å². The first-order chi connectivity index (χ1) is 12.0. The molecule has 0 N–H and O–H groups in total. The van der Waals surface area contributed by atoms with Crippen molar-refractivity contribution in [3.05, 3.63) is 52.3 Å². The van der Waals surface area contributed by atoms with Crippen LogP contribution in [-0.2, 0) is 6.54 Å². The topological polar surface area (TPSA) is 33.4 Å². The third kappa shape index (κ3) is 3.94. The number of nitrogens with zero attached hydrogens (tertiary/aromatic N) is 4. The van der Waals surface area contributed by atoms with E-state index >= 15 is 0 Å². The molecule has 1 aromatic heterocycles. The number of piperidine rings is 1. The van der Waals surface area contributed by atoms with Gasteiger partial charge in [-0.15, -0.1) is 0 Å². The highest BCUT2D eigenvalue weighted by Crippen LogP contribution is 2.23. The third-order valence-electron chi connectivity index (χ3n) is 5.36. The van der Waals surface area contributed by atoms with Crippen molar-refractivity contribution < 1.29 is 0 Å². The maximum absolute atomic E-state index is 4.82. The largest absolute Gasteiger partial charge is 0.292 e. The smallest absolute Gasteiger partial charge is 0.0685 e. The van der Waals surface area contributed by atoms with E-state index in [1.165, 1.54) is 36.1 Å². The molecule has 25 heavy (non-hydrogen) atoms. The molecule has 0 amide bonds. The maximum atomic E-state index is 4.82. The van der Waals surface area contributed by atoms with E-state index in [2.05, 4.69) is 68.6 Å². The number of aromatic nitrogens is 2. The molecular weight excluding hydrogens is 308 g/mol. The molecule has 4 heteroatoms. The summed E-state index contributed by atoms with van der Waals surface area (Å²) in [6.45, 7) is 11.7. The average Bonchev–Trinajstić information content (AvgIpc) is 2.83. The van der Waals surface area contributed by atoms with Gasteiger partial charge in [0.2, 0.25) is 0 Å². The Morgan fingerprint density at radius 1 is 1.08 bits per heavy atom. The summed E-state index contributed by atoms with van der Waals surface area (Å²) < 4.78 is 2.09. The minimum atomic E-state index is 0.517. The van der Waals surface area contributed by atoms with Crippen LogP contribution in [0.1, 0.15) is 61.2 Å². The number of hydrazone groups is 1. The van der Waals surface area contributed by atoms with Gasteiger partial charge in [-0.2, -0.15) is 10.2 Å². The minimum Gasteiger partial charge on any atom is -0.292 e. The van der Waals surface area contributed by atoms with Crippen LogP contribution in [0.3, 0.4) is 0 Å². The van der Waals surface area contributed by atoms with E-state index in [1.54, 1.807) is 0 Å². The van der Waals surface area contributed by atoms with Crippen LogP contribution < -0.4 is 0 Å². The van der Waals surface area contributed by atoms with Crippen molar-refractivity contribution in [3.63, 3.8) is 0 Å². The van der Waals surface area contributed by atoms with E-state index in [9.17, 15) is 0 Å². The molecule has 2 atom stereocenters. The van der Waals surface area contributed by atoms with Crippen LogP contribution in [0, 0.1) is 20.8 Å². The number of rotatable bonds is 4. The lowest BCUT2D eigenvalue weighted by atomic mass is 10.00. The van der Waals surface area contributed by atoms with Crippen LogP contribution in [-0.4, -0.2) is 33.1 Å². The van der Waals surface area contributed by atoms with Gasteiger partial charge in [0.25, 0.3) is 0 Å². The van der Waals surface area contributed by atoms with Gasteiger partial charge in [-0.05, 0) is 59.4 Å². The van der Waals surface area contributed by atoms with Crippen LogP contribution in [0.15, 0.2) is 29.4 Å². The highest BCUT2D eigenvalue weighted by atomic mass is 15.5.